The second-order valence-electron chi connectivity index (χ2n) is 8.59. The predicted octanol–water partition coefficient (Wildman–Crippen LogP) is 5.33. The Hall–Kier alpha value is -3.71. The van der Waals surface area contributed by atoms with Crippen molar-refractivity contribution in [3.8, 4) is 17.5 Å². The number of piperazine rings is 1. The third-order valence-electron chi connectivity index (χ3n) is 5.94. The van der Waals surface area contributed by atoms with Crippen molar-refractivity contribution in [2.45, 2.75) is 6.92 Å². The number of thiophene rings is 2. The van der Waals surface area contributed by atoms with Crippen LogP contribution in [0.2, 0.25) is 0 Å². The van der Waals surface area contributed by atoms with Crippen molar-refractivity contribution in [1.82, 2.24) is 25.3 Å². The Labute approximate surface area is 218 Å². The minimum atomic E-state index is 0.670. The molecule has 4 aromatic rings. The van der Waals surface area contributed by atoms with Gasteiger partial charge in [-0.25, -0.2) is 0 Å². The SMILES string of the molecule is Cc1cc(C=Cc2ccc(-c3ccc(C=Cc4ccc(N5CCN(C)CC5)s4)nn3)nn2)sc1C#N. The van der Waals surface area contributed by atoms with Crippen LogP contribution in [-0.4, -0.2) is 58.5 Å². The monoisotopic (exact) mass is 511 g/mol. The number of anilines is 1. The Kier molecular flexibility index (Phi) is 7.28. The van der Waals surface area contributed by atoms with Crippen LogP contribution in [0.15, 0.2) is 42.5 Å². The molecule has 180 valence electrons. The van der Waals surface area contributed by atoms with E-state index in [1.54, 1.807) is 11.3 Å². The van der Waals surface area contributed by atoms with Gasteiger partial charge < -0.3 is 9.80 Å². The van der Waals surface area contributed by atoms with Crippen LogP contribution < -0.4 is 4.90 Å². The van der Waals surface area contributed by atoms with E-state index in [2.05, 4.69) is 61.5 Å². The van der Waals surface area contributed by atoms with Gasteiger partial charge in [-0.05, 0) is 86.3 Å². The molecule has 0 radical (unpaired) electrons. The fourth-order valence-electron chi connectivity index (χ4n) is 3.80. The first-order valence-corrected chi connectivity index (χ1v) is 13.3. The first-order valence-electron chi connectivity index (χ1n) is 11.7. The van der Waals surface area contributed by atoms with Crippen molar-refractivity contribution >= 4 is 52.0 Å². The van der Waals surface area contributed by atoms with E-state index in [0.717, 1.165) is 52.9 Å². The van der Waals surface area contributed by atoms with Crippen molar-refractivity contribution in [2.75, 3.05) is 38.1 Å². The van der Waals surface area contributed by atoms with E-state index >= 15 is 0 Å². The van der Waals surface area contributed by atoms with Gasteiger partial charge in [-0.2, -0.15) is 15.5 Å². The topological polar surface area (TPSA) is 81.8 Å². The number of nitriles is 1. The number of aromatic nitrogens is 4. The summed E-state index contributed by atoms with van der Waals surface area (Å²) in [6.45, 7) is 6.30. The van der Waals surface area contributed by atoms with Gasteiger partial charge in [-0.3, -0.25) is 0 Å². The molecule has 1 aliphatic heterocycles. The van der Waals surface area contributed by atoms with E-state index in [9.17, 15) is 0 Å². The zero-order valence-corrected chi connectivity index (χ0v) is 21.8. The molecule has 9 heteroatoms. The summed E-state index contributed by atoms with van der Waals surface area (Å²) in [5, 5.41) is 27.7. The lowest BCUT2D eigenvalue weighted by Crippen LogP contribution is -2.44. The summed E-state index contributed by atoms with van der Waals surface area (Å²) in [6, 6.07) is 16.2. The maximum atomic E-state index is 9.10. The van der Waals surface area contributed by atoms with E-state index in [4.69, 9.17) is 5.26 Å². The fourth-order valence-corrected chi connectivity index (χ4v) is 5.63. The normalized spacial score (nSPS) is 14.6. The van der Waals surface area contributed by atoms with Gasteiger partial charge in [0.25, 0.3) is 0 Å². The molecule has 0 bridgehead atoms. The molecule has 0 saturated carbocycles. The van der Waals surface area contributed by atoms with Gasteiger partial charge in [0.2, 0.25) is 0 Å². The van der Waals surface area contributed by atoms with Gasteiger partial charge in [0.15, 0.2) is 0 Å². The summed E-state index contributed by atoms with van der Waals surface area (Å²) in [4.78, 5) is 7.77. The zero-order valence-electron chi connectivity index (χ0n) is 20.1. The first-order chi connectivity index (χ1) is 17.6. The Bertz CT molecular complexity index is 1420. The maximum absolute atomic E-state index is 9.10. The number of likely N-dealkylation sites (N-methyl/N-ethyl adjacent to an activating group) is 1. The summed E-state index contributed by atoms with van der Waals surface area (Å²) in [5.74, 6) is 0. The molecule has 5 rings (SSSR count). The van der Waals surface area contributed by atoms with E-state index in [1.165, 1.54) is 21.2 Å². The van der Waals surface area contributed by atoms with Crippen molar-refractivity contribution in [1.29, 1.82) is 5.26 Å². The largest absolute Gasteiger partial charge is 0.361 e. The first kappa shape index (κ1) is 24.0. The summed E-state index contributed by atoms with van der Waals surface area (Å²) < 4.78 is 0. The Morgan fingerprint density at radius 2 is 1.42 bits per heavy atom. The van der Waals surface area contributed by atoms with Crippen molar-refractivity contribution in [2.24, 2.45) is 0 Å². The molecule has 1 fully saturated rings. The molecule has 0 N–H and O–H groups in total. The summed E-state index contributed by atoms with van der Waals surface area (Å²) in [6.07, 6.45) is 7.91. The third-order valence-corrected chi connectivity index (χ3v) is 8.15. The van der Waals surface area contributed by atoms with Crippen LogP contribution in [0.5, 0.6) is 0 Å². The van der Waals surface area contributed by atoms with Crippen LogP contribution in [0.3, 0.4) is 0 Å². The molecule has 0 amide bonds. The molecule has 0 aromatic carbocycles. The van der Waals surface area contributed by atoms with Gasteiger partial charge in [-0.1, -0.05) is 0 Å². The molecule has 0 aliphatic carbocycles. The summed E-state index contributed by atoms with van der Waals surface area (Å²) in [7, 11) is 2.17. The highest BCUT2D eigenvalue weighted by atomic mass is 32.1. The average molecular weight is 512 g/mol. The maximum Gasteiger partial charge on any atom is 0.113 e. The molecule has 1 aliphatic rings. The number of hydrogen-bond acceptors (Lipinski definition) is 9. The third kappa shape index (κ3) is 5.74. The van der Waals surface area contributed by atoms with Gasteiger partial charge >= 0.3 is 0 Å². The van der Waals surface area contributed by atoms with Crippen LogP contribution in [0, 0.1) is 18.3 Å². The second-order valence-corrected chi connectivity index (χ2v) is 10.8. The van der Waals surface area contributed by atoms with Gasteiger partial charge in [-0.15, -0.1) is 32.9 Å². The van der Waals surface area contributed by atoms with Crippen molar-refractivity contribution in [3.05, 3.63) is 74.0 Å². The quantitative estimate of drug-likeness (QED) is 0.346. The molecule has 0 atom stereocenters. The van der Waals surface area contributed by atoms with Crippen molar-refractivity contribution < 1.29 is 0 Å². The Morgan fingerprint density at radius 1 is 0.778 bits per heavy atom. The highest BCUT2D eigenvalue weighted by Crippen LogP contribution is 2.28. The van der Waals surface area contributed by atoms with Crippen LogP contribution in [0.25, 0.3) is 35.7 Å². The molecule has 5 heterocycles. The molecule has 36 heavy (non-hydrogen) atoms. The highest BCUT2D eigenvalue weighted by molar-refractivity contribution is 7.17. The predicted molar refractivity (Wildman–Crippen MR) is 149 cm³/mol. The van der Waals surface area contributed by atoms with Crippen molar-refractivity contribution in [3.63, 3.8) is 0 Å². The molecular formula is C27H25N7S2. The summed E-state index contributed by atoms with van der Waals surface area (Å²) in [5.41, 5.74) is 3.87. The fraction of sp³-hybridized carbons (Fsp3) is 0.222. The van der Waals surface area contributed by atoms with E-state index in [1.807, 2.05) is 55.5 Å². The molecule has 7 nitrogen and oxygen atoms in total. The number of rotatable bonds is 6. The lowest BCUT2D eigenvalue weighted by Gasteiger charge is -2.32. The lowest BCUT2D eigenvalue weighted by molar-refractivity contribution is 0.313. The Morgan fingerprint density at radius 3 is 1.97 bits per heavy atom. The number of aryl methyl sites for hydroxylation is 1. The molecule has 0 spiro atoms. The molecule has 0 unspecified atom stereocenters. The zero-order chi connectivity index (χ0) is 24.9. The lowest BCUT2D eigenvalue weighted by atomic mass is 10.2. The van der Waals surface area contributed by atoms with E-state index in [-0.39, 0.29) is 0 Å². The van der Waals surface area contributed by atoms with Gasteiger partial charge in [0.05, 0.1) is 16.4 Å². The second kappa shape index (κ2) is 10.9. The molecular weight excluding hydrogens is 486 g/mol. The molecule has 4 aromatic heterocycles. The number of nitrogens with zero attached hydrogens (tertiary/aromatic N) is 7. The van der Waals surface area contributed by atoms with E-state index in [0.29, 0.717) is 11.4 Å². The number of hydrogen-bond donors (Lipinski definition) is 0. The van der Waals surface area contributed by atoms with Crippen LogP contribution in [0.1, 0.15) is 31.6 Å². The van der Waals surface area contributed by atoms with Crippen LogP contribution in [-0.2, 0) is 0 Å². The van der Waals surface area contributed by atoms with E-state index < -0.39 is 0 Å². The standard InChI is InChI=1S/C27H25N7S2/c1-19-17-23(35-26(19)18-28)8-4-21-6-11-25(32-30-21)24-10-5-20(29-31-24)3-7-22-9-12-27(36-22)34-15-13-33(2)14-16-34/h3-12,17H,13-16H2,1-2H3. The van der Waals surface area contributed by atoms with Gasteiger partial charge in [0.1, 0.15) is 22.3 Å². The minimum absolute atomic E-state index is 0.670. The smallest absolute Gasteiger partial charge is 0.113 e. The minimum Gasteiger partial charge on any atom is -0.361 e. The van der Waals surface area contributed by atoms with Crippen LogP contribution >= 0.6 is 22.7 Å². The van der Waals surface area contributed by atoms with Crippen LogP contribution in [0.4, 0.5) is 5.00 Å². The highest BCUT2D eigenvalue weighted by Gasteiger charge is 2.15. The Balaban J connectivity index is 1.20. The average Bonchev–Trinajstić information content (AvgIpc) is 3.53. The van der Waals surface area contributed by atoms with Gasteiger partial charge in [0, 0.05) is 35.9 Å². The molecule has 1 saturated heterocycles. The summed E-state index contributed by atoms with van der Waals surface area (Å²) >= 11 is 3.27.